The van der Waals surface area contributed by atoms with Crippen LogP contribution >= 0.6 is 0 Å². The lowest BCUT2D eigenvalue weighted by Gasteiger charge is -2.38. The number of hydrogen-bond donors (Lipinski definition) is 1. The summed E-state index contributed by atoms with van der Waals surface area (Å²) in [4.78, 5) is 19.8. The maximum absolute atomic E-state index is 12.9. The number of amides is 1. The van der Waals surface area contributed by atoms with E-state index in [1.165, 1.54) is 12.1 Å². The molecule has 1 saturated carbocycles. The molecule has 3 unspecified atom stereocenters. The molecule has 5 heteroatoms. The van der Waals surface area contributed by atoms with Crippen molar-refractivity contribution in [3.8, 4) is 0 Å². The van der Waals surface area contributed by atoms with E-state index in [9.17, 15) is 4.79 Å². The predicted octanol–water partition coefficient (Wildman–Crippen LogP) is 2.03. The van der Waals surface area contributed by atoms with Crippen molar-refractivity contribution in [2.45, 2.75) is 38.8 Å². The number of anilines is 1. The summed E-state index contributed by atoms with van der Waals surface area (Å²) in [5.41, 5.74) is 8.24. The van der Waals surface area contributed by atoms with Gasteiger partial charge >= 0.3 is 0 Å². The van der Waals surface area contributed by atoms with E-state index in [1.807, 2.05) is 17.0 Å². The van der Waals surface area contributed by atoms with Gasteiger partial charge in [-0.05, 0) is 62.8 Å². The lowest BCUT2D eigenvalue weighted by molar-refractivity contribution is 0.0779. The zero-order chi connectivity index (χ0) is 18.3. The van der Waals surface area contributed by atoms with E-state index in [-0.39, 0.29) is 11.9 Å². The molecule has 1 aromatic carbocycles. The number of carbonyl (C=O) groups is 1. The molecule has 1 aromatic rings. The molecule has 0 aromatic heterocycles. The molecule has 142 valence electrons. The van der Waals surface area contributed by atoms with Gasteiger partial charge in [0.05, 0.1) is 0 Å². The average molecular weight is 357 g/mol. The number of hydrogen-bond acceptors (Lipinski definition) is 4. The van der Waals surface area contributed by atoms with Gasteiger partial charge in [0.15, 0.2) is 0 Å². The van der Waals surface area contributed by atoms with Crippen LogP contribution < -0.4 is 10.6 Å². The summed E-state index contributed by atoms with van der Waals surface area (Å²) >= 11 is 0. The molecular formula is C21H32N4O. The summed E-state index contributed by atoms with van der Waals surface area (Å²) in [5, 5.41) is 0. The maximum Gasteiger partial charge on any atom is 0.253 e. The molecule has 3 fully saturated rings. The molecule has 1 aliphatic carbocycles. The van der Waals surface area contributed by atoms with Crippen molar-refractivity contribution in [2.75, 3.05) is 44.2 Å². The third-order valence-corrected chi connectivity index (χ3v) is 6.72. The van der Waals surface area contributed by atoms with E-state index in [1.54, 1.807) is 0 Å². The smallest absolute Gasteiger partial charge is 0.253 e. The summed E-state index contributed by atoms with van der Waals surface area (Å²) in [6.07, 6.45) is 2.30. The van der Waals surface area contributed by atoms with Gasteiger partial charge in [-0.1, -0.05) is 0 Å². The average Bonchev–Trinajstić information content (AvgIpc) is 3.24. The monoisotopic (exact) mass is 356 g/mol. The van der Waals surface area contributed by atoms with Crippen molar-refractivity contribution in [3.63, 3.8) is 0 Å². The van der Waals surface area contributed by atoms with E-state index >= 15 is 0 Å². The fourth-order valence-electron chi connectivity index (χ4n) is 4.97. The van der Waals surface area contributed by atoms with E-state index < -0.39 is 0 Å². The Morgan fingerprint density at radius 1 is 1.04 bits per heavy atom. The van der Waals surface area contributed by atoms with Crippen LogP contribution in [0.25, 0.3) is 0 Å². The molecule has 26 heavy (non-hydrogen) atoms. The van der Waals surface area contributed by atoms with Crippen molar-refractivity contribution in [3.05, 3.63) is 29.8 Å². The number of piperazine rings is 1. The molecule has 4 rings (SSSR count). The number of nitrogens with two attached hydrogens (primary N) is 1. The van der Waals surface area contributed by atoms with Gasteiger partial charge in [-0.3, -0.25) is 9.69 Å². The minimum absolute atomic E-state index is 0.169. The van der Waals surface area contributed by atoms with Gasteiger partial charge in [0.2, 0.25) is 0 Å². The summed E-state index contributed by atoms with van der Waals surface area (Å²) in [7, 11) is 0. The topological polar surface area (TPSA) is 52.8 Å². The first-order valence-electron chi connectivity index (χ1n) is 10.2. The molecule has 3 atom stereocenters. The largest absolute Gasteiger partial charge is 0.369 e. The second kappa shape index (κ2) is 7.20. The Morgan fingerprint density at radius 3 is 2.35 bits per heavy atom. The molecule has 2 saturated heterocycles. The summed E-state index contributed by atoms with van der Waals surface area (Å²) in [5.74, 6) is 1.30. The summed E-state index contributed by atoms with van der Waals surface area (Å²) in [6.45, 7) is 10.6. The van der Waals surface area contributed by atoms with Crippen molar-refractivity contribution in [1.29, 1.82) is 0 Å². The van der Waals surface area contributed by atoms with Crippen molar-refractivity contribution in [2.24, 2.45) is 17.6 Å². The second-order valence-electron chi connectivity index (χ2n) is 8.54. The van der Waals surface area contributed by atoms with Crippen LogP contribution in [-0.2, 0) is 0 Å². The molecular weight excluding hydrogens is 324 g/mol. The van der Waals surface area contributed by atoms with Crippen LogP contribution in [-0.4, -0.2) is 67.1 Å². The van der Waals surface area contributed by atoms with Gasteiger partial charge in [-0.2, -0.15) is 0 Å². The molecule has 5 nitrogen and oxygen atoms in total. The van der Waals surface area contributed by atoms with E-state index in [0.29, 0.717) is 17.9 Å². The Bertz CT molecular complexity index is 636. The maximum atomic E-state index is 12.9. The zero-order valence-corrected chi connectivity index (χ0v) is 16.1. The number of fused-ring (bicyclic) bond motifs is 1. The van der Waals surface area contributed by atoms with Crippen LogP contribution in [0.5, 0.6) is 0 Å². The zero-order valence-electron chi connectivity index (χ0n) is 16.1. The second-order valence-corrected chi connectivity index (χ2v) is 8.54. The van der Waals surface area contributed by atoms with Gasteiger partial charge in [-0.25, -0.2) is 0 Å². The molecule has 0 spiro atoms. The molecule has 2 aliphatic heterocycles. The summed E-state index contributed by atoms with van der Waals surface area (Å²) in [6, 6.07) is 9.12. The molecule has 0 bridgehead atoms. The SMILES string of the molecule is CC(C)N1CCN(c2ccc(C(=O)N3CC4CCC(N)C4C3)cc2)CC1. The van der Waals surface area contributed by atoms with Gasteiger partial charge < -0.3 is 15.5 Å². The summed E-state index contributed by atoms with van der Waals surface area (Å²) < 4.78 is 0. The number of benzene rings is 1. The van der Waals surface area contributed by atoms with Crippen LogP contribution in [0.3, 0.4) is 0 Å². The highest BCUT2D eigenvalue weighted by Crippen LogP contribution is 2.37. The Hall–Kier alpha value is -1.59. The lowest BCUT2D eigenvalue weighted by Crippen LogP contribution is -2.48. The minimum atomic E-state index is 0.169. The van der Waals surface area contributed by atoms with Crippen LogP contribution in [0.15, 0.2) is 24.3 Å². The highest BCUT2D eigenvalue weighted by molar-refractivity contribution is 5.94. The third-order valence-electron chi connectivity index (χ3n) is 6.72. The van der Waals surface area contributed by atoms with E-state index in [0.717, 1.165) is 51.3 Å². The standard InChI is InChI=1S/C21H32N4O/c1-15(2)23-9-11-24(12-10-23)18-6-3-16(4-7-18)21(26)25-13-17-5-8-20(22)19(17)14-25/h3-4,6-7,15,17,19-20H,5,8-14,22H2,1-2H3. The Balaban J connectivity index is 1.37. The van der Waals surface area contributed by atoms with Gasteiger partial charge in [0, 0.05) is 62.6 Å². The highest BCUT2D eigenvalue weighted by atomic mass is 16.2. The highest BCUT2D eigenvalue weighted by Gasteiger charge is 2.42. The quantitative estimate of drug-likeness (QED) is 0.900. The number of carbonyl (C=O) groups excluding carboxylic acids is 1. The van der Waals surface area contributed by atoms with Crippen molar-refractivity contribution in [1.82, 2.24) is 9.80 Å². The van der Waals surface area contributed by atoms with E-state index in [4.69, 9.17) is 5.73 Å². The third kappa shape index (κ3) is 3.35. The molecule has 1 amide bonds. The Labute approximate surface area is 157 Å². The van der Waals surface area contributed by atoms with Crippen LogP contribution in [0.4, 0.5) is 5.69 Å². The first-order chi connectivity index (χ1) is 12.5. The lowest BCUT2D eigenvalue weighted by atomic mass is 9.98. The van der Waals surface area contributed by atoms with Crippen LogP contribution in [0.1, 0.15) is 37.0 Å². The van der Waals surface area contributed by atoms with Gasteiger partial charge in [-0.15, -0.1) is 0 Å². The van der Waals surface area contributed by atoms with Crippen LogP contribution in [0.2, 0.25) is 0 Å². The Kier molecular flexibility index (Phi) is 4.93. The minimum Gasteiger partial charge on any atom is -0.369 e. The van der Waals surface area contributed by atoms with Gasteiger partial charge in [0.25, 0.3) is 5.91 Å². The van der Waals surface area contributed by atoms with Crippen LogP contribution in [0, 0.1) is 11.8 Å². The van der Waals surface area contributed by atoms with Gasteiger partial charge in [0.1, 0.15) is 0 Å². The number of rotatable bonds is 3. The predicted molar refractivity (Wildman–Crippen MR) is 105 cm³/mol. The Morgan fingerprint density at radius 2 is 1.73 bits per heavy atom. The fourth-order valence-corrected chi connectivity index (χ4v) is 4.97. The first kappa shape index (κ1) is 17.8. The number of likely N-dealkylation sites (tertiary alicyclic amines) is 1. The molecule has 3 aliphatic rings. The molecule has 0 radical (unpaired) electrons. The normalized spacial score (nSPS) is 29.5. The first-order valence-corrected chi connectivity index (χ1v) is 10.2. The fraction of sp³-hybridized carbons (Fsp3) is 0.667. The van der Waals surface area contributed by atoms with Crippen molar-refractivity contribution < 1.29 is 4.79 Å². The molecule has 2 heterocycles. The number of nitrogens with zero attached hydrogens (tertiary/aromatic N) is 3. The van der Waals surface area contributed by atoms with Crippen molar-refractivity contribution >= 4 is 11.6 Å². The molecule has 2 N–H and O–H groups in total. The van der Waals surface area contributed by atoms with E-state index in [2.05, 4.69) is 35.8 Å².